The van der Waals surface area contributed by atoms with Crippen LogP contribution in [0.15, 0.2) is 260 Å². The Morgan fingerprint density at radius 3 is 1.60 bits per heavy atom. The molecule has 1 saturated carbocycles. The lowest BCUT2D eigenvalue weighted by atomic mass is 9.64. The number of hydrogen-bond acceptors (Lipinski definition) is 2. The molecule has 0 heterocycles. The average molecular weight is 1360 g/mol. The Balaban J connectivity index is 0.808. The first-order chi connectivity index (χ1) is 49.4. The number of benzene rings is 12. The predicted molar refractivity (Wildman–Crippen MR) is 385 cm³/mol. The largest absolute Gasteiger partial charge is 0.334 e. The highest BCUT2D eigenvalue weighted by molar-refractivity contribution is 6.01. The van der Waals surface area contributed by atoms with Gasteiger partial charge >= 0.3 is 0 Å². The molecule has 0 aliphatic heterocycles. The normalized spacial score (nSPS) is 20.0. The Kier molecular flexibility index (Phi) is 14.1. The second-order valence-electron chi connectivity index (χ2n) is 28.0. The third-order valence-corrected chi connectivity index (χ3v) is 22.8. The van der Waals surface area contributed by atoms with Gasteiger partial charge in [0.1, 0.15) is 0 Å². The lowest BCUT2D eigenvalue weighted by Gasteiger charge is -2.41. The van der Waals surface area contributed by atoms with Gasteiger partial charge in [-0.3, -0.25) is 0 Å². The van der Waals surface area contributed by atoms with Crippen LogP contribution >= 0.6 is 0 Å². The highest BCUT2D eigenvalue weighted by Crippen LogP contribution is 2.67. The van der Waals surface area contributed by atoms with Gasteiger partial charge < -0.3 is 9.80 Å². The Morgan fingerprint density at radius 2 is 0.961 bits per heavy atom. The smallest absolute Gasteiger partial charge is 0.200 e. The molecular weight excluding hydrogens is 1300 g/mol. The quantitative estimate of drug-likeness (QED) is 0.0683. The standard InChI is InChI=1S/C90H60F10N2/c1-5-48-29-33-52(34-30-48)89(76-78(91)82(95)86(99)83(96)79(76)92)66-25-13-11-23-59(66)61-40-37-55(44-69(61)89)101(72-27-15-19-50-17-7-9-21-57(50)72)54-39-42-63-68(43-54)88(3,4)71-47-74(64-46-65(64)75(63)71)102(73-28-16-20-51-18-8-10-22-58(51)73)56-38-41-62-60-24-12-14-26-67(60)90(70(62)45-56,53-35-31-49(6-2)32-36-53)77-80(93)84(97)87(100)85(98)81(77)94/h6-43,45,47,55,64-65H,2,5,44,46H2,1,3-4H3. The highest BCUT2D eigenvalue weighted by atomic mass is 19.2. The molecule has 12 aromatic rings. The van der Waals surface area contributed by atoms with Crippen molar-refractivity contribution in [2.24, 2.45) is 11.8 Å². The first-order valence-corrected chi connectivity index (χ1v) is 34.2. The summed E-state index contributed by atoms with van der Waals surface area (Å²) in [6, 6.07) is 67.7. The summed E-state index contributed by atoms with van der Waals surface area (Å²) in [5.41, 5.74) is 7.61. The van der Waals surface area contributed by atoms with Crippen molar-refractivity contribution < 1.29 is 43.9 Å². The third-order valence-electron chi connectivity index (χ3n) is 22.8. The molecule has 6 aliphatic rings. The second-order valence-corrected chi connectivity index (χ2v) is 28.0. The van der Waals surface area contributed by atoms with Crippen LogP contribution in [0.25, 0.3) is 49.9 Å². The Bertz CT molecular complexity index is 5730. The third kappa shape index (κ3) is 8.61. The molecule has 18 rings (SSSR count). The second kappa shape index (κ2) is 22.9. The van der Waals surface area contributed by atoms with E-state index in [0.29, 0.717) is 67.8 Å². The van der Waals surface area contributed by atoms with Crippen LogP contribution in [-0.4, -0.2) is 6.04 Å². The molecule has 500 valence electrons. The molecule has 0 radical (unpaired) electrons. The lowest BCUT2D eigenvalue weighted by Crippen LogP contribution is -2.38. The average Bonchev–Trinajstić information content (AvgIpc) is 1.51. The van der Waals surface area contributed by atoms with Crippen LogP contribution in [0.3, 0.4) is 0 Å². The van der Waals surface area contributed by atoms with Crippen molar-refractivity contribution in [2.45, 2.75) is 62.3 Å². The molecule has 5 unspecified atom stereocenters. The Hall–Kier alpha value is -11.2. The monoisotopic (exact) mass is 1360 g/mol. The van der Waals surface area contributed by atoms with Crippen molar-refractivity contribution in [2.75, 3.05) is 9.80 Å². The van der Waals surface area contributed by atoms with E-state index < -0.39 is 91.6 Å². The minimum absolute atomic E-state index is 0.0182. The van der Waals surface area contributed by atoms with Crippen molar-refractivity contribution in [1.29, 1.82) is 0 Å². The van der Waals surface area contributed by atoms with Crippen LogP contribution in [0.4, 0.5) is 66.7 Å². The SMILES string of the molecule is C=Cc1ccc(C2(c3c(F)c(F)c(F)c(F)c3F)c3ccccc3-c3ccc(N(C4=CC5=C(c6ccc(N(c7cccc8ccccc78)C7C=CC8=C(C7)C(c7ccc(CC)cc7)(c7c(F)c(F)c(F)c(F)c7F)c7ccccc78)cc6C5(C)C)C5CC45)c4cccc5ccccc45)cc32)cc1. The summed E-state index contributed by atoms with van der Waals surface area (Å²) < 4.78 is 164. The molecule has 6 aliphatic carbocycles. The number of hydrogen-bond donors (Lipinski definition) is 0. The zero-order chi connectivity index (χ0) is 70.2. The van der Waals surface area contributed by atoms with Crippen LogP contribution in [0, 0.1) is 70.0 Å². The van der Waals surface area contributed by atoms with E-state index in [1.54, 1.807) is 78.9 Å². The van der Waals surface area contributed by atoms with Crippen LogP contribution in [0.1, 0.15) is 100 Å². The van der Waals surface area contributed by atoms with Gasteiger partial charge in [-0.15, -0.1) is 0 Å². The van der Waals surface area contributed by atoms with Gasteiger partial charge in [-0.05, 0) is 167 Å². The van der Waals surface area contributed by atoms with Gasteiger partial charge in [-0.25, -0.2) is 43.9 Å². The predicted octanol–water partition coefficient (Wildman–Crippen LogP) is 23.6. The zero-order valence-corrected chi connectivity index (χ0v) is 55.3. The van der Waals surface area contributed by atoms with Crippen molar-refractivity contribution in [3.63, 3.8) is 0 Å². The van der Waals surface area contributed by atoms with E-state index in [0.717, 1.165) is 73.0 Å². The molecule has 0 saturated heterocycles. The maximum atomic E-state index is 17.3. The number of anilines is 4. The van der Waals surface area contributed by atoms with Gasteiger partial charge in [0.2, 0.25) is 11.6 Å². The van der Waals surface area contributed by atoms with Crippen molar-refractivity contribution in [3.8, 4) is 11.1 Å². The topological polar surface area (TPSA) is 6.48 Å². The van der Waals surface area contributed by atoms with Gasteiger partial charge in [0, 0.05) is 56.0 Å². The van der Waals surface area contributed by atoms with E-state index in [2.05, 4.69) is 60.6 Å². The number of allylic oxidation sites excluding steroid dienone is 6. The van der Waals surface area contributed by atoms with Gasteiger partial charge in [0.05, 0.1) is 22.6 Å². The molecule has 1 fully saturated rings. The fraction of sp³-hybridized carbons (Fsp3) is 0.133. The van der Waals surface area contributed by atoms with E-state index in [1.807, 2.05) is 140 Å². The van der Waals surface area contributed by atoms with Gasteiger partial charge in [0.15, 0.2) is 46.5 Å². The Morgan fingerprint density at radius 1 is 0.461 bits per heavy atom. The van der Waals surface area contributed by atoms with Gasteiger partial charge in [-0.2, -0.15) is 0 Å². The Labute approximate surface area is 582 Å². The molecule has 0 bridgehead atoms. The number of fused-ring (bicyclic) bond motifs is 11. The summed E-state index contributed by atoms with van der Waals surface area (Å²) >= 11 is 0. The molecule has 102 heavy (non-hydrogen) atoms. The van der Waals surface area contributed by atoms with E-state index in [-0.39, 0.29) is 23.8 Å². The number of halogens is 10. The maximum Gasteiger partial charge on any atom is 0.200 e. The van der Waals surface area contributed by atoms with Crippen LogP contribution in [0.2, 0.25) is 0 Å². The lowest BCUT2D eigenvalue weighted by molar-refractivity contribution is 0.362. The minimum atomic E-state index is -2.26. The molecule has 0 aromatic heterocycles. The summed E-state index contributed by atoms with van der Waals surface area (Å²) in [4.78, 5) is 4.44. The first kappa shape index (κ1) is 63.0. The van der Waals surface area contributed by atoms with E-state index in [1.165, 1.54) is 5.57 Å². The zero-order valence-electron chi connectivity index (χ0n) is 55.3. The molecule has 2 nitrogen and oxygen atoms in total. The van der Waals surface area contributed by atoms with Crippen molar-refractivity contribution >= 4 is 61.5 Å². The number of nitrogens with zero attached hydrogens (tertiary/aromatic N) is 2. The molecule has 12 heteroatoms. The van der Waals surface area contributed by atoms with E-state index >= 15 is 43.9 Å². The molecule has 0 N–H and O–H groups in total. The number of rotatable bonds is 12. The van der Waals surface area contributed by atoms with E-state index in [9.17, 15) is 0 Å². The van der Waals surface area contributed by atoms with Crippen molar-refractivity contribution in [3.05, 3.63) is 385 Å². The van der Waals surface area contributed by atoms with Gasteiger partial charge in [0.25, 0.3) is 0 Å². The molecule has 0 amide bonds. The maximum absolute atomic E-state index is 17.3. The van der Waals surface area contributed by atoms with Crippen LogP contribution < -0.4 is 9.80 Å². The van der Waals surface area contributed by atoms with Crippen LogP contribution in [-0.2, 0) is 22.7 Å². The molecule has 0 spiro atoms. The molecular formula is C90H60F10N2. The van der Waals surface area contributed by atoms with Gasteiger partial charge in [-0.1, -0.05) is 228 Å². The summed E-state index contributed by atoms with van der Waals surface area (Å²) in [5, 5.41) is 3.71. The van der Waals surface area contributed by atoms with Crippen LogP contribution in [0.5, 0.6) is 0 Å². The molecule has 12 aromatic carbocycles. The first-order valence-electron chi connectivity index (χ1n) is 34.2. The van der Waals surface area contributed by atoms with E-state index in [4.69, 9.17) is 0 Å². The highest BCUT2D eigenvalue weighted by Gasteiger charge is 2.57. The summed E-state index contributed by atoms with van der Waals surface area (Å²) in [6.07, 6.45) is 9.36. The fourth-order valence-electron chi connectivity index (χ4n) is 18.1. The van der Waals surface area contributed by atoms with Crippen molar-refractivity contribution in [1.82, 2.24) is 0 Å². The minimum Gasteiger partial charge on any atom is -0.334 e. The summed E-state index contributed by atoms with van der Waals surface area (Å²) in [7, 11) is 0. The summed E-state index contributed by atoms with van der Waals surface area (Å²) in [6.45, 7) is 10.3. The number of aryl methyl sites for hydroxylation is 1. The molecule has 5 atom stereocenters. The summed E-state index contributed by atoms with van der Waals surface area (Å²) in [5.74, 6) is -20.4. The fourth-order valence-corrected chi connectivity index (χ4v) is 18.1.